The molecule has 2 rings (SSSR count). The zero-order valence-electron chi connectivity index (χ0n) is 14.2. The minimum absolute atomic E-state index is 0.253. The first kappa shape index (κ1) is 18.4. The van der Waals surface area contributed by atoms with E-state index in [9.17, 15) is 14.0 Å². The van der Waals surface area contributed by atoms with Crippen LogP contribution in [-0.2, 0) is 14.3 Å². The quantitative estimate of drug-likeness (QED) is 0.634. The number of halogens is 1. The molecule has 0 aliphatic carbocycles. The Morgan fingerprint density at radius 2 is 1.80 bits per heavy atom. The highest BCUT2D eigenvalue weighted by atomic mass is 19.1. The summed E-state index contributed by atoms with van der Waals surface area (Å²) in [7, 11) is 0. The van der Waals surface area contributed by atoms with Crippen LogP contribution in [0.25, 0.3) is 6.08 Å². The number of carbonyl (C=O) groups excluding carboxylic acids is 2. The number of para-hydroxylation sites is 1. The lowest BCUT2D eigenvalue weighted by Crippen LogP contribution is -2.21. The molecular formula is C20H20FNO3. The van der Waals surface area contributed by atoms with Crippen LogP contribution in [0.2, 0.25) is 0 Å². The van der Waals surface area contributed by atoms with E-state index in [-0.39, 0.29) is 11.5 Å². The van der Waals surface area contributed by atoms with Gasteiger partial charge in [-0.05, 0) is 29.7 Å². The zero-order valence-corrected chi connectivity index (χ0v) is 14.2. The van der Waals surface area contributed by atoms with E-state index >= 15 is 0 Å². The van der Waals surface area contributed by atoms with Gasteiger partial charge in [0, 0.05) is 17.3 Å². The molecule has 0 saturated carbocycles. The van der Waals surface area contributed by atoms with E-state index in [1.165, 1.54) is 18.2 Å². The number of ether oxygens (including phenoxy) is 1. The van der Waals surface area contributed by atoms with Crippen molar-refractivity contribution in [1.29, 1.82) is 0 Å². The third-order valence-corrected chi connectivity index (χ3v) is 3.51. The van der Waals surface area contributed by atoms with Gasteiger partial charge in [-0.25, -0.2) is 9.18 Å². The topological polar surface area (TPSA) is 55.4 Å². The second-order valence-electron chi connectivity index (χ2n) is 5.75. The van der Waals surface area contributed by atoms with E-state index in [2.05, 4.69) is 5.32 Å². The Morgan fingerprint density at radius 1 is 1.12 bits per heavy atom. The minimum Gasteiger partial charge on any atom is -0.452 e. The summed E-state index contributed by atoms with van der Waals surface area (Å²) in [6, 6.07) is 13.5. The normalized spacial score (nSPS) is 10.9. The highest BCUT2D eigenvalue weighted by Crippen LogP contribution is 2.23. The summed E-state index contributed by atoms with van der Waals surface area (Å²) in [4.78, 5) is 23.6. The second kappa shape index (κ2) is 8.78. The maximum absolute atomic E-state index is 13.4. The number of hydrogen-bond acceptors (Lipinski definition) is 3. The van der Waals surface area contributed by atoms with Crippen LogP contribution >= 0.6 is 0 Å². The van der Waals surface area contributed by atoms with Gasteiger partial charge in [-0.2, -0.15) is 0 Å². The second-order valence-corrected chi connectivity index (χ2v) is 5.75. The molecule has 0 atom stereocenters. The van der Waals surface area contributed by atoms with E-state index in [4.69, 9.17) is 4.74 Å². The Bertz CT molecular complexity index is 784. The Balaban J connectivity index is 1.88. The van der Waals surface area contributed by atoms with Gasteiger partial charge in [-0.15, -0.1) is 0 Å². The van der Waals surface area contributed by atoms with Crippen LogP contribution in [0.15, 0.2) is 54.6 Å². The van der Waals surface area contributed by atoms with Gasteiger partial charge < -0.3 is 10.1 Å². The molecule has 0 aliphatic heterocycles. The number of hydrogen-bond donors (Lipinski definition) is 1. The lowest BCUT2D eigenvalue weighted by molar-refractivity contribution is -0.142. The van der Waals surface area contributed by atoms with Crippen LogP contribution in [0.1, 0.15) is 30.9 Å². The average molecular weight is 341 g/mol. The smallest absolute Gasteiger partial charge is 0.331 e. The van der Waals surface area contributed by atoms with Gasteiger partial charge in [0.1, 0.15) is 5.82 Å². The predicted molar refractivity (Wildman–Crippen MR) is 95.6 cm³/mol. The summed E-state index contributed by atoms with van der Waals surface area (Å²) in [6.45, 7) is 3.64. The molecule has 4 nitrogen and oxygen atoms in total. The van der Waals surface area contributed by atoms with Crippen molar-refractivity contribution < 1.29 is 18.7 Å². The summed E-state index contributed by atoms with van der Waals surface area (Å²) in [5.41, 5.74) is 1.97. The van der Waals surface area contributed by atoms with Gasteiger partial charge in [0.05, 0.1) is 0 Å². The third kappa shape index (κ3) is 5.57. The molecule has 0 radical (unpaired) electrons. The van der Waals surface area contributed by atoms with Crippen molar-refractivity contribution in [2.24, 2.45) is 0 Å². The first-order valence-corrected chi connectivity index (χ1v) is 7.95. The molecular weight excluding hydrogens is 321 g/mol. The molecule has 1 N–H and O–H groups in total. The number of rotatable bonds is 6. The van der Waals surface area contributed by atoms with Gasteiger partial charge in [-0.1, -0.05) is 50.2 Å². The molecule has 2 aromatic rings. The first-order valence-electron chi connectivity index (χ1n) is 7.95. The van der Waals surface area contributed by atoms with Crippen LogP contribution in [0, 0.1) is 5.82 Å². The van der Waals surface area contributed by atoms with E-state index in [0.717, 1.165) is 11.6 Å². The Morgan fingerprint density at radius 3 is 2.52 bits per heavy atom. The molecule has 0 fully saturated rings. The van der Waals surface area contributed by atoms with E-state index in [1.807, 2.05) is 32.0 Å². The van der Waals surface area contributed by atoms with Gasteiger partial charge in [-0.3, -0.25) is 4.79 Å². The molecule has 0 unspecified atom stereocenters. The molecule has 0 spiro atoms. The molecule has 5 heteroatoms. The predicted octanol–water partition coefficient (Wildman–Crippen LogP) is 4.14. The molecule has 0 aromatic heterocycles. The van der Waals surface area contributed by atoms with E-state index in [0.29, 0.717) is 5.69 Å². The van der Waals surface area contributed by atoms with Gasteiger partial charge in [0.15, 0.2) is 6.61 Å². The number of amides is 1. The third-order valence-electron chi connectivity index (χ3n) is 3.51. The number of benzene rings is 2. The fourth-order valence-corrected chi connectivity index (χ4v) is 2.25. The molecule has 0 heterocycles. The summed E-state index contributed by atoms with van der Waals surface area (Å²) in [5, 5.41) is 2.73. The van der Waals surface area contributed by atoms with Crippen molar-refractivity contribution in [2.75, 3.05) is 11.9 Å². The zero-order chi connectivity index (χ0) is 18.2. The molecule has 2 aromatic carbocycles. The molecule has 130 valence electrons. The van der Waals surface area contributed by atoms with Crippen LogP contribution in [-0.4, -0.2) is 18.5 Å². The van der Waals surface area contributed by atoms with Crippen molar-refractivity contribution >= 4 is 23.6 Å². The van der Waals surface area contributed by atoms with Crippen molar-refractivity contribution in [1.82, 2.24) is 0 Å². The Labute approximate surface area is 146 Å². The van der Waals surface area contributed by atoms with Crippen LogP contribution in [0.4, 0.5) is 10.1 Å². The Hall–Kier alpha value is -2.95. The summed E-state index contributed by atoms with van der Waals surface area (Å²) >= 11 is 0. The Kier molecular flexibility index (Phi) is 6.46. The average Bonchev–Trinajstić information content (AvgIpc) is 2.59. The lowest BCUT2D eigenvalue weighted by Gasteiger charge is -2.13. The van der Waals surface area contributed by atoms with Crippen molar-refractivity contribution in [2.45, 2.75) is 19.8 Å². The maximum atomic E-state index is 13.4. The summed E-state index contributed by atoms with van der Waals surface area (Å²) < 4.78 is 18.3. The van der Waals surface area contributed by atoms with E-state index in [1.54, 1.807) is 18.2 Å². The van der Waals surface area contributed by atoms with Crippen LogP contribution < -0.4 is 5.32 Å². The van der Waals surface area contributed by atoms with Gasteiger partial charge in [0.2, 0.25) is 0 Å². The molecule has 1 amide bonds. The van der Waals surface area contributed by atoms with Gasteiger partial charge in [0.25, 0.3) is 5.91 Å². The summed E-state index contributed by atoms with van der Waals surface area (Å²) in [6.07, 6.45) is 2.40. The molecule has 0 aliphatic rings. The molecule has 25 heavy (non-hydrogen) atoms. The lowest BCUT2D eigenvalue weighted by atomic mass is 10.0. The van der Waals surface area contributed by atoms with Crippen LogP contribution in [0.3, 0.4) is 0 Å². The highest BCUT2D eigenvalue weighted by Gasteiger charge is 2.10. The van der Waals surface area contributed by atoms with E-state index < -0.39 is 24.3 Å². The number of esters is 1. The van der Waals surface area contributed by atoms with Gasteiger partial charge >= 0.3 is 5.97 Å². The summed E-state index contributed by atoms with van der Waals surface area (Å²) in [5.74, 6) is -1.33. The molecule has 0 saturated heterocycles. The fraction of sp³-hybridized carbons (Fsp3) is 0.200. The monoisotopic (exact) mass is 341 g/mol. The van der Waals surface area contributed by atoms with Crippen molar-refractivity contribution in [3.63, 3.8) is 0 Å². The number of anilines is 1. The number of nitrogens with one attached hydrogen (secondary N) is 1. The van der Waals surface area contributed by atoms with Crippen molar-refractivity contribution in [3.8, 4) is 0 Å². The highest BCUT2D eigenvalue weighted by molar-refractivity contribution is 5.95. The molecule has 0 bridgehead atoms. The maximum Gasteiger partial charge on any atom is 0.331 e. The largest absolute Gasteiger partial charge is 0.452 e. The first-order chi connectivity index (χ1) is 12.0. The fourth-order valence-electron chi connectivity index (χ4n) is 2.25. The van der Waals surface area contributed by atoms with Crippen molar-refractivity contribution in [3.05, 3.63) is 71.6 Å². The number of carbonyl (C=O) groups is 2. The van der Waals surface area contributed by atoms with Crippen LogP contribution in [0.5, 0.6) is 0 Å². The standard InChI is InChI=1S/C20H20FNO3/c1-14(2)16-8-4-6-10-18(16)22-19(23)13-25-20(24)12-11-15-7-3-5-9-17(15)21/h3-12,14H,13H2,1-2H3,(H,22,23)/b12-11+. The SMILES string of the molecule is CC(C)c1ccccc1NC(=O)COC(=O)/C=C/c1ccccc1F. The minimum atomic E-state index is -0.712.